The predicted octanol–water partition coefficient (Wildman–Crippen LogP) is 3.26. The monoisotopic (exact) mass is 325 g/mol. The fourth-order valence-corrected chi connectivity index (χ4v) is 1.89. The van der Waals surface area contributed by atoms with Gasteiger partial charge in [-0.3, -0.25) is 4.98 Å². The fraction of sp³-hybridized carbons (Fsp3) is 0.0769. The number of pyridine rings is 1. The average molecular weight is 326 g/mol. The number of hydrogen-bond acceptors (Lipinski definition) is 3. The van der Waals surface area contributed by atoms with Crippen LogP contribution in [0.25, 0.3) is 0 Å². The van der Waals surface area contributed by atoms with Crippen LogP contribution in [0.15, 0.2) is 41.1 Å². The minimum Gasteiger partial charge on any atom is -0.486 e. The van der Waals surface area contributed by atoms with Crippen molar-refractivity contribution in [3.63, 3.8) is 0 Å². The molecule has 0 aliphatic rings. The lowest BCUT2D eigenvalue weighted by atomic mass is 10.2. The molecule has 1 aromatic carbocycles. The van der Waals surface area contributed by atoms with Crippen molar-refractivity contribution in [2.75, 3.05) is 0 Å². The highest BCUT2D eigenvalue weighted by atomic mass is 79.9. The van der Waals surface area contributed by atoms with Crippen molar-refractivity contribution in [3.8, 4) is 5.75 Å². The molecule has 19 heavy (non-hydrogen) atoms. The van der Waals surface area contributed by atoms with Crippen LogP contribution in [0.2, 0.25) is 0 Å². The molecule has 1 aromatic heterocycles. The average Bonchev–Trinajstić information content (AvgIpc) is 2.40. The van der Waals surface area contributed by atoms with E-state index in [-0.39, 0.29) is 17.9 Å². The van der Waals surface area contributed by atoms with Gasteiger partial charge in [0.25, 0.3) is 0 Å². The first-order valence-electron chi connectivity index (χ1n) is 5.32. The molecule has 2 aromatic rings. The predicted molar refractivity (Wildman–Crippen MR) is 69.6 cm³/mol. The minimum absolute atomic E-state index is 0.00888. The Kier molecular flexibility index (Phi) is 4.11. The highest BCUT2D eigenvalue weighted by molar-refractivity contribution is 9.10. The number of nitrogens with zero attached hydrogens (tertiary/aromatic N) is 1. The van der Waals surface area contributed by atoms with E-state index in [1.54, 1.807) is 12.1 Å². The Morgan fingerprint density at radius 2 is 2.21 bits per heavy atom. The van der Waals surface area contributed by atoms with E-state index in [1.807, 2.05) is 0 Å². The van der Waals surface area contributed by atoms with Gasteiger partial charge in [0, 0.05) is 16.2 Å². The van der Waals surface area contributed by atoms with Gasteiger partial charge in [0.2, 0.25) is 0 Å². The molecule has 1 N–H and O–H groups in total. The van der Waals surface area contributed by atoms with Gasteiger partial charge in [0.15, 0.2) is 5.75 Å². The van der Waals surface area contributed by atoms with Crippen LogP contribution in [-0.4, -0.2) is 16.1 Å². The molecule has 0 fully saturated rings. The highest BCUT2D eigenvalue weighted by Crippen LogP contribution is 2.20. The number of hydrogen-bond donors (Lipinski definition) is 1. The van der Waals surface area contributed by atoms with E-state index in [9.17, 15) is 9.18 Å². The van der Waals surface area contributed by atoms with Crippen LogP contribution in [0.3, 0.4) is 0 Å². The van der Waals surface area contributed by atoms with E-state index in [0.717, 1.165) is 4.47 Å². The number of carboxylic acids is 1. The largest absolute Gasteiger partial charge is 0.486 e. The summed E-state index contributed by atoms with van der Waals surface area (Å²) in [5, 5.41) is 8.97. The maximum atomic E-state index is 13.5. The Bertz CT molecular complexity index is 619. The standard InChI is InChI=1S/C13H9BrFNO3/c14-9-1-2-11(15)8(5-9)7-19-12-6-16-4-3-10(12)13(17)18/h1-6H,7H2,(H,17,18). The summed E-state index contributed by atoms with van der Waals surface area (Å²) in [5.41, 5.74) is 0.319. The van der Waals surface area contributed by atoms with E-state index in [1.165, 1.54) is 24.5 Å². The zero-order valence-electron chi connectivity index (χ0n) is 9.64. The first kappa shape index (κ1) is 13.5. The van der Waals surface area contributed by atoms with Crippen molar-refractivity contribution in [1.29, 1.82) is 0 Å². The lowest BCUT2D eigenvalue weighted by Crippen LogP contribution is -2.05. The molecule has 0 unspecified atom stereocenters. The molecule has 0 bridgehead atoms. The Morgan fingerprint density at radius 3 is 2.95 bits per heavy atom. The number of halogens is 2. The van der Waals surface area contributed by atoms with E-state index < -0.39 is 11.8 Å². The van der Waals surface area contributed by atoms with Crippen LogP contribution < -0.4 is 4.74 Å². The molecule has 0 amide bonds. The van der Waals surface area contributed by atoms with Crippen molar-refractivity contribution in [2.45, 2.75) is 6.61 Å². The summed E-state index contributed by atoms with van der Waals surface area (Å²) in [6, 6.07) is 5.79. The maximum Gasteiger partial charge on any atom is 0.339 e. The number of aromatic nitrogens is 1. The zero-order chi connectivity index (χ0) is 13.8. The summed E-state index contributed by atoms with van der Waals surface area (Å²) >= 11 is 3.23. The van der Waals surface area contributed by atoms with E-state index >= 15 is 0 Å². The van der Waals surface area contributed by atoms with Gasteiger partial charge in [0.05, 0.1) is 6.20 Å². The number of benzene rings is 1. The molecule has 0 saturated heterocycles. The Balaban J connectivity index is 2.19. The molecule has 0 aliphatic heterocycles. The normalized spacial score (nSPS) is 10.2. The second kappa shape index (κ2) is 5.79. The van der Waals surface area contributed by atoms with Crippen molar-refractivity contribution in [3.05, 3.63) is 58.1 Å². The summed E-state index contributed by atoms with van der Waals surface area (Å²) in [7, 11) is 0. The van der Waals surface area contributed by atoms with Gasteiger partial charge >= 0.3 is 5.97 Å². The molecular weight excluding hydrogens is 317 g/mol. The summed E-state index contributed by atoms with van der Waals surface area (Å²) < 4.78 is 19.5. The summed E-state index contributed by atoms with van der Waals surface area (Å²) in [5.74, 6) is -1.43. The lowest BCUT2D eigenvalue weighted by molar-refractivity contribution is 0.0691. The second-order valence-electron chi connectivity index (χ2n) is 3.70. The molecule has 0 saturated carbocycles. The molecule has 2 rings (SSSR count). The van der Waals surface area contributed by atoms with Gasteiger partial charge in [-0.05, 0) is 24.3 Å². The van der Waals surface area contributed by atoms with Gasteiger partial charge in [-0.2, -0.15) is 0 Å². The third kappa shape index (κ3) is 3.29. The fourth-order valence-electron chi connectivity index (χ4n) is 1.48. The second-order valence-corrected chi connectivity index (χ2v) is 4.62. The van der Waals surface area contributed by atoms with Crippen LogP contribution in [-0.2, 0) is 6.61 Å². The van der Waals surface area contributed by atoms with Gasteiger partial charge in [0.1, 0.15) is 18.0 Å². The summed E-state index contributed by atoms with van der Waals surface area (Å²) in [6.45, 7) is -0.0722. The van der Waals surface area contributed by atoms with Crippen LogP contribution in [0.4, 0.5) is 4.39 Å². The van der Waals surface area contributed by atoms with Gasteiger partial charge in [-0.1, -0.05) is 15.9 Å². The number of carbonyl (C=O) groups is 1. The Labute approximate surface area is 117 Å². The number of aromatic carboxylic acids is 1. The minimum atomic E-state index is -1.12. The number of ether oxygens (including phenoxy) is 1. The van der Waals surface area contributed by atoms with Crippen molar-refractivity contribution in [2.24, 2.45) is 0 Å². The Hall–Kier alpha value is -1.95. The van der Waals surface area contributed by atoms with E-state index in [2.05, 4.69) is 20.9 Å². The van der Waals surface area contributed by atoms with Crippen LogP contribution >= 0.6 is 15.9 Å². The molecule has 6 heteroatoms. The van der Waals surface area contributed by atoms with Crippen LogP contribution in [0.5, 0.6) is 5.75 Å². The quantitative estimate of drug-likeness (QED) is 0.937. The lowest BCUT2D eigenvalue weighted by Gasteiger charge is -2.09. The molecule has 98 valence electrons. The number of rotatable bonds is 4. The van der Waals surface area contributed by atoms with E-state index in [0.29, 0.717) is 5.56 Å². The third-order valence-corrected chi connectivity index (χ3v) is 2.90. The topological polar surface area (TPSA) is 59.4 Å². The molecule has 0 radical (unpaired) electrons. The first-order valence-corrected chi connectivity index (χ1v) is 6.11. The highest BCUT2D eigenvalue weighted by Gasteiger charge is 2.12. The summed E-state index contributed by atoms with van der Waals surface area (Å²) in [6.07, 6.45) is 2.65. The van der Waals surface area contributed by atoms with Gasteiger partial charge in [-0.15, -0.1) is 0 Å². The molecule has 0 aliphatic carbocycles. The van der Waals surface area contributed by atoms with Gasteiger partial charge in [-0.25, -0.2) is 9.18 Å². The Morgan fingerprint density at radius 1 is 1.42 bits per heavy atom. The smallest absolute Gasteiger partial charge is 0.339 e. The van der Waals surface area contributed by atoms with Gasteiger partial charge < -0.3 is 9.84 Å². The maximum absolute atomic E-state index is 13.5. The molecule has 0 spiro atoms. The summed E-state index contributed by atoms with van der Waals surface area (Å²) in [4.78, 5) is 14.8. The number of carboxylic acid groups (broad SMARTS) is 1. The SMILES string of the molecule is O=C(O)c1ccncc1OCc1cc(Br)ccc1F. The first-order chi connectivity index (χ1) is 9.08. The molecule has 4 nitrogen and oxygen atoms in total. The molecular formula is C13H9BrFNO3. The van der Waals surface area contributed by atoms with Crippen molar-refractivity contribution in [1.82, 2.24) is 4.98 Å². The molecule has 1 heterocycles. The van der Waals surface area contributed by atoms with Crippen molar-refractivity contribution >= 4 is 21.9 Å². The van der Waals surface area contributed by atoms with E-state index in [4.69, 9.17) is 9.84 Å². The van der Waals surface area contributed by atoms with Crippen LogP contribution in [0, 0.1) is 5.82 Å². The van der Waals surface area contributed by atoms with Crippen molar-refractivity contribution < 1.29 is 19.0 Å². The third-order valence-electron chi connectivity index (χ3n) is 2.41. The molecule has 0 atom stereocenters. The zero-order valence-corrected chi connectivity index (χ0v) is 11.2. The van der Waals surface area contributed by atoms with Crippen LogP contribution in [0.1, 0.15) is 15.9 Å².